The van der Waals surface area contributed by atoms with E-state index in [2.05, 4.69) is 41.7 Å². The molecule has 0 radical (unpaired) electrons. The molecule has 18 heavy (non-hydrogen) atoms. The van der Waals surface area contributed by atoms with Gasteiger partial charge in [-0.3, -0.25) is 4.57 Å². The van der Waals surface area contributed by atoms with Gasteiger partial charge in [0.2, 0.25) is 0 Å². The van der Waals surface area contributed by atoms with Crippen molar-refractivity contribution in [3.8, 4) is 5.82 Å². The summed E-state index contributed by atoms with van der Waals surface area (Å²) in [5.74, 6) is 1.67. The molecule has 2 heterocycles. The maximum Gasteiger partial charge on any atom is 0.138 e. The van der Waals surface area contributed by atoms with E-state index in [-0.39, 0.29) is 0 Å². The van der Waals surface area contributed by atoms with E-state index in [0.29, 0.717) is 0 Å². The fourth-order valence-electron chi connectivity index (χ4n) is 2.07. The van der Waals surface area contributed by atoms with Crippen molar-refractivity contribution in [3.63, 3.8) is 0 Å². The van der Waals surface area contributed by atoms with Crippen LogP contribution in [0.1, 0.15) is 11.4 Å². The van der Waals surface area contributed by atoms with E-state index < -0.39 is 0 Å². The predicted octanol–water partition coefficient (Wildman–Crippen LogP) is 3.37. The molecule has 0 fully saturated rings. The third-order valence-corrected chi connectivity index (χ3v) is 2.90. The summed E-state index contributed by atoms with van der Waals surface area (Å²) in [7, 11) is 0. The molecule has 88 valence electrons. The van der Waals surface area contributed by atoms with Crippen LogP contribution >= 0.6 is 0 Å². The lowest BCUT2D eigenvalue weighted by Gasteiger charge is -2.05. The van der Waals surface area contributed by atoms with Gasteiger partial charge >= 0.3 is 0 Å². The second-order valence-corrected chi connectivity index (χ2v) is 4.19. The average molecular weight is 235 g/mol. The number of fused-ring (bicyclic) bond motifs is 1. The van der Waals surface area contributed by atoms with Gasteiger partial charge in [-0.05, 0) is 42.8 Å². The quantitative estimate of drug-likeness (QED) is 0.681. The fourth-order valence-corrected chi connectivity index (χ4v) is 2.07. The van der Waals surface area contributed by atoms with Gasteiger partial charge in [-0.1, -0.05) is 18.7 Å². The predicted molar refractivity (Wildman–Crippen MR) is 73.7 cm³/mol. The molecule has 0 spiro atoms. The summed E-state index contributed by atoms with van der Waals surface area (Å²) in [6.07, 6.45) is 3.53. The lowest BCUT2D eigenvalue weighted by atomic mass is 10.2. The Morgan fingerprint density at radius 1 is 1.22 bits per heavy atom. The van der Waals surface area contributed by atoms with Crippen molar-refractivity contribution < 1.29 is 0 Å². The number of hydrogen-bond acceptors (Lipinski definition) is 2. The van der Waals surface area contributed by atoms with Crippen molar-refractivity contribution in [3.05, 3.63) is 60.6 Å². The van der Waals surface area contributed by atoms with E-state index in [0.717, 1.165) is 22.7 Å². The van der Waals surface area contributed by atoms with Crippen LogP contribution in [0.4, 0.5) is 0 Å². The highest BCUT2D eigenvalue weighted by atomic mass is 15.1. The number of hydrogen-bond donors (Lipinski definition) is 0. The summed E-state index contributed by atoms with van der Waals surface area (Å²) in [5.41, 5.74) is 3.22. The third kappa shape index (κ3) is 1.61. The molecule has 3 nitrogen and oxygen atoms in total. The number of aryl methyl sites for hydroxylation is 1. The molecule has 3 aromatic rings. The molecular weight excluding hydrogens is 222 g/mol. The van der Waals surface area contributed by atoms with Crippen LogP contribution in [0.25, 0.3) is 22.9 Å². The standard InChI is InChI=1S/C15H13N3/c1-3-14-17-12-10-11(2)7-8-13(12)18(14)15-6-4-5-9-16-15/h3-10H,1H2,2H3. The molecule has 0 atom stereocenters. The van der Waals surface area contributed by atoms with Crippen molar-refractivity contribution in [2.45, 2.75) is 6.92 Å². The summed E-state index contributed by atoms with van der Waals surface area (Å²) in [5, 5.41) is 0. The maximum absolute atomic E-state index is 4.57. The van der Waals surface area contributed by atoms with Gasteiger partial charge in [0, 0.05) is 6.20 Å². The molecule has 0 aliphatic carbocycles. The Balaban J connectivity index is 2.36. The molecule has 0 unspecified atom stereocenters. The minimum absolute atomic E-state index is 0.814. The summed E-state index contributed by atoms with van der Waals surface area (Å²) in [6, 6.07) is 12.1. The zero-order valence-electron chi connectivity index (χ0n) is 10.2. The number of imidazole rings is 1. The molecule has 0 aliphatic heterocycles. The van der Waals surface area contributed by atoms with E-state index in [4.69, 9.17) is 0 Å². The van der Waals surface area contributed by atoms with Gasteiger partial charge in [0.15, 0.2) is 0 Å². The van der Waals surface area contributed by atoms with Crippen molar-refractivity contribution >= 4 is 17.1 Å². The van der Waals surface area contributed by atoms with Crippen LogP contribution in [0.15, 0.2) is 49.2 Å². The van der Waals surface area contributed by atoms with E-state index >= 15 is 0 Å². The van der Waals surface area contributed by atoms with Crippen LogP contribution in [-0.2, 0) is 0 Å². The van der Waals surface area contributed by atoms with Crippen LogP contribution in [0.5, 0.6) is 0 Å². The molecule has 3 heteroatoms. The van der Waals surface area contributed by atoms with Crippen LogP contribution in [0.3, 0.4) is 0 Å². The third-order valence-electron chi connectivity index (χ3n) is 2.90. The zero-order chi connectivity index (χ0) is 12.5. The molecule has 1 aromatic carbocycles. The number of pyridine rings is 1. The first-order chi connectivity index (χ1) is 8.79. The topological polar surface area (TPSA) is 30.7 Å². The van der Waals surface area contributed by atoms with Crippen LogP contribution < -0.4 is 0 Å². The highest BCUT2D eigenvalue weighted by molar-refractivity contribution is 5.80. The summed E-state index contributed by atoms with van der Waals surface area (Å²) < 4.78 is 2.02. The summed E-state index contributed by atoms with van der Waals surface area (Å²) in [6.45, 7) is 5.89. The largest absolute Gasteiger partial charge is 0.277 e. The smallest absolute Gasteiger partial charge is 0.138 e. The van der Waals surface area contributed by atoms with E-state index in [9.17, 15) is 0 Å². The minimum atomic E-state index is 0.814. The molecule has 0 amide bonds. The Hall–Kier alpha value is -2.42. The number of nitrogens with zero attached hydrogens (tertiary/aromatic N) is 3. The van der Waals surface area contributed by atoms with Gasteiger partial charge in [-0.25, -0.2) is 9.97 Å². The first kappa shape index (κ1) is 10.7. The van der Waals surface area contributed by atoms with Crippen LogP contribution in [-0.4, -0.2) is 14.5 Å². The number of aromatic nitrogens is 3. The minimum Gasteiger partial charge on any atom is -0.277 e. The molecule has 0 saturated heterocycles. The monoisotopic (exact) mass is 235 g/mol. The van der Waals surface area contributed by atoms with Gasteiger partial charge in [-0.2, -0.15) is 0 Å². The fraction of sp³-hybridized carbons (Fsp3) is 0.0667. The summed E-state index contributed by atoms with van der Waals surface area (Å²) in [4.78, 5) is 8.95. The van der Waals surface area contributed by atoms with Crippen molar-refractivity contribution in [1.82, 2.24) is 14.5 Å². The Bertz CT molecular complexity index is 711. The van der Waals surface area contributed by atoms with Gasteiger partial charge in [0.25, 0.3) is 0 Å². The molecule has 2 aromatic heterocycles. The van der Waals surface area contributed by atoms with Crippen molar-refractivity contribution in [2.24, 2.45) is 0 Å². The van der Waals surface area contributed by atoms with Crippen molar-refractivity contribution in [1.29, 1.82) is 0 Å². The Morgan fingerprint density at radius 3 is 2.83 bits per heavy atom. The molecule has 0 bridgehead atoms. The first-order valence-electron chi connectivity index (χ1n) is 5.82. The SMILES string of the molecule is C=Cc1nc2cc(C)ccc2n1-c1ccccn1. The van der Waals surface area contributed by atoms with Crippen molar-refractivity contribution in [2.75, 3.05) is 0 Å². The number of benzene rings is 1. The van der Waals surface area contributed by atoms with E-state index in [1.54, 1.807) is 12.3 Å². The summed E-state index contributed by atoms with van der Waals surface area (Å²) >= 11 is 0. The number of rotatable bonds is 2. The Kier molecular flexibility index (Phi) is 2.45. The average Bonchev–Trinajstić information content (AvgIpc) is 2.77. The van der Waals surface area contributed by atoms with Gasteiger partial charge in [0.1, 0.15) is 11.6 Å². The Morgan fingerprint density at radius 2 is 2.11 bits per heavy atom. The van der Waals surface area contributed by atoms with Gasteiger partial charge < -0.3 is 0 Å². The Labute approximate surface area is 105 Å². The van der Waals surface area contributed by atoms with Gasteiger partial charge in [-0.15, -0.1) is 0 Å². The lowest BCUT2D eigenvalue weighted by Crippen LogP contribution is -1.98. The molecule has 0 saturated carbocycles. The molecule has 0 N–H and O–H groups in total. The van der Waals surface area contributed by atoms with Crippen LogP contribution in [0.2, 0.25) is 0 Å². The highest BCUT2D eigenvalue weighted by Gasteiger charge is 2.10. The van der Waals surface area contributed by atoms with E-state index in [1.807, 2.05) is 22.8 Å². The van der Waals surface area contributed by atoms with Crippen LogP contribution in [0, 0.1) is 6.92 Å². The second-order valence-electron chi connectivity index (χ2n) is 4.19. The molecular formula is C15H13N3. The maximum atomic E-state index is 4.57. The molecule has 3 rings (SSSR count). The second kappa shape index (κ2) is 4.11. The lowest BCUT2D eigenvalue weighted by molar-refractivity contribution is 1.00. The molecule has 0 aliphatic rings. The normalized spacial score (nSPS) is 10.7. The van der Waals surface area contributed by atoms with E-state index in [1.165, 1.54) is 5.56 Å². The van der Waals surface area contributed by atoms with Gasteiger partial charge in [0.05, 0.1) is 11.0 Å². The first-order valence-corrected chi connectivity index (χ1v) is 5.82. The zero-order valence-corrected chi connectivity index (χ0v) is 10.2. The highest BCUT2D eigenvalue weighted by Crippen LogP contribution is 2.21.